The Morgan fingerprint density at radius 3 is 2.43 bits per heavy atom. The molecular formula is C21H15N3O3S. The quantitative estimate of drug-likeness (QED) is 0.382. The zero-order chi connectivity index (χ0) is 19.5. The lowest BCUT2D eigenvalue weighted by Crippen LogP contribution is -2.11. The summed E-state index contributed by atoms with van der Waals surface area (Å²) in [6.45, 7) is 0. The Hall–Kier alpha value is -3.58. The maximum absolute atomic E-state index is 12.5. The van der Waals surface area contributed by atoms with E-state index in [9.17, 15) is 14.9 Å². The number of anilines is 1. The molecule has 0 fully saturated rings. The Kier molecular flexibility index (Phi) is 4.82. The minimum Gasteiger partial charge on any atom is -0.298 e. The Morgan fingerprint density at radius 2 is 1.71 bits per heavy atom. The molecule has 0 bridgehead atoms. The van der Waals surface area contributed by atoms with Gasteiger partial charge in [-0.05, 0) is 35.7 Å². The lowest BCUT2D eigenvalue weighted by molar-refractivity contribution is -0.384. The third-order valence-electron chi connectivity index (χ3n) is 4.27. The number of benzene rings is 3. The second-order valence-corrected chi connectivity index (χ2v) is 7.27. The van der Waals surface area contributed by atoms with Crippen molar-refractivity contribution in [1.29, 1.82) is 0 Å². The van der Waals surface area contributed by atoms with E-state index in [1.807, 2.05) is 30.3 Å². The van der Waals surface area contributed by atoms with Crippen molar-refractivity contribution in [3.63, 3.8) is 0 Å². The topological polar surface area (TPSA) is 85.1 Å². The normalized spacial score (nSPS) is 10.7. The Labute approximate surface area is 164 Å². The van der Waals surface area contributed by atoms with Crippen LogP contribution in [0.3, 0.4) is 0 Å². The van der Waals surface area contributed by atoms with Crippen LogP contribution in [-0.2, 0) is 6.42 Å². The molecule has 3 aromatic carbocycles. The first-order valence-corrected chi connectivity index (χ1v) is 9.39. The summed E-state index contributed by atoms with van der Waals surface area (Å²) in [4.78, 5) is 27.2. The highest BCUT2D eigenvalue weighted by Gasteiger charge is 2.13. The van der Waals surface area contributed by atoms with Crippen LogP contribution in [0.5, 0.6) is 0 Å². The molecule has 0 spiro atoms. The van der Waals surface area contributed by atoms with E-state index in [4.69, 9.17) is 0 Å². The first-order chi connectivity index (χ1) is 13.6. The van der Waals surface area contributed by atoms with Gasteiger partial charge >= 0.3 is 0 Å². The van der Waals surface area contributed by atoms with Crippen LogP contribution in [0.2, 0.25) is 0 Å². The second kappa shape index (κ2) is 7.58. The van der Waals surface area contributed by atoms with Crippen molar-refractivity contribution in [3.8, 4) is 0 Å². The fourth-order valence-electron chi connectivity index (χ4n) is 2.86. The van der Waals surface area contributed by atoms with E-state index in [1.165, 1.54) is 29.0 Å². The number of nitro groups is 1. The molecule has 0 radical (unpaired) electrons. The van der Waals surface area contributed by atoms with E-state index in [0.717, 1.165) is 16.7 Å². The summed E-state index contributed by atoms with van der Waals surface area (Å²) < 4.78 is 0.777. The largest absolute Gasteiger partial charge is 0.298 e. The van der Waals surface area contributed by atoms with Crippen molar-refractivity contribution in [3.05, 3.63) is 99.6 Å². The van der Waals surface area contributed by atoms with Crippen LogP contribution in [0.1, 0.15) is 21.5 Å². The number of amides is 1. The number of fused-ring (bicyclic) bond motifs is 1. The average Bonchev–Trinajstić information content (AvgIpc) is 3.10. The molecule has 0 atom stereocenters. The van der Waals surface area contributed by atoms with E-state index in [-0.39, 0.29) is 11.6 Å². The van der Waals surface area contributed by atoms with Crippen molar-refractivity contribution in [1.82, 2.24) is 4.98 Å². The molecule has 28 heavy (non-hydrogen) atoms. The van der Waals surface area contributed by atoms with Crippen LogP contribution in [0.15, 0.2) is 72.8 Å². The van der Waals surface area contributed by atoms with Gasteiger partial charge in [0.25, 0.3) is 11.6 Å². The number of nitrogens with zero attached hydrogens (tertiary/aromatic N) is 2. The smallest absolute Gasteiger partial charge is 0.271 e. The molecule has 0 unspecified atom stereocenters. The standard InChI is InChI=1S/C21H15N3O3S/c25-20(16-8-6-15(7-9-16)12-14-4-2-1-3-5-14)23-21-22-18-13-17(24(26)27)10-11-19(18)28-21/h1-11,13H,12H2,(H,22,23,25). The summed E-state index contributed by atoms with van der Waals surface area (Å²) in [5, 5.41) is 14.0. The first-order valence-electron chi connectivity index (χ1n) is 8.58. The predicted octanol–water partition coefficient (Wildman–Crippen LogP) is 5.05. The highest BCUT2D eigenvalue weighted by molar-refractivity contribution is 7.22. The van der Waals surface area contributed by atoms with Crippen LogP contribution < -0.4 is 5.32 Å². The summed E-state index contributed by atoms with van der Waals surface area (Å²) in [6.07, 6.45) is 0.805. The van der Waals surface area contributed by atoms with Gasteiger partial charge in [-0.2, -0.15) is 0 Å². The Bertz CT molecular complexity index is 1150. The molecule has 0 aliphatic heterocycles. The van der Waals surface area contributed by atoms with Crippen LogP contribution >= 0.6 is 11.3 Å². The summed E-state index contributed by atoms with van der Waals surface area (Å²) in [5.41, 5.74) is 3.33. The van der Waals surface area contributed by atoms with Gasteiger partial charge in [0.2, 0.25) is 0 Å². The first kappa shape index (κ1) is 17.8. The lowest BCUT2D eigenvalue weighted by Gasteiger charge is -2.04. The maximum Gasteiger partial charge on any atom is 0.271 e. The van der Waals surface area contributed by atoms with Crippen molar-refractivity contribution in [2.45, 2.75) is 6.42 Å². The van der Waals surface area contributed by atoms with Crippen LogP contribution in [0.25, 0.3) is 10.2 Å². The lowest BCUT2D eigenvalue weighted by atomic mass is 10.0. The summed E-state index contributed by atoms with van der Waals surface area (Å²) in [6, 6.07) is 22.0. The van der Waals surface area contributed by atoms with E-state index in [2.05, 4.69) is 22.4 Å². The molecule has 7 heteroatoms. The fraction of sp³-hybridized carbons (Fsp3) is 0.0476. The molecule has 4 aromatic rings. The van der Waals surface area contributed by atoms with Crippen LogP contribution in [-0.4, -0.2) is 15.8 Å². The summed E-state index contributed by atoms with van der Waals surface area (Å²) >= 11 is 1.28. The molecule has 0 saturated carbocycles. The molecule has 1 aromatic heterocycles. The molecular weight excluding hydrogens is 374 g/mol. The second-order valence-electron chi connectivity index (χ2n) is 6.24. The number of non-ortho nitro benzene ring substituents is 1. The van der Waals surface area contributed by atoms with E-state index in [1.54, 1.807) is 18.2 Å². The molecule has 1 amide bonds. The van der Waals surface area contributed by atoms with Crippen LogP contribution in [0.4, 0.5) is 10.8 Å². The van der Waals surface area contributed by atoms with Crippen molar-refractivity contribution in [2.24, 2.45) is 0 Å². The van der Waals surface area contributed by atoms with Gasteiger partial charge in [0.1, 0.15) is 0 Å². The van der Waals surface area contributed by atoms with Crippen LogP contribution in [0, 0.1) is 10.1 Å². The zero-order valence-corrected chi connectivity index (χ0v) is 15.5. The molecule has 138 valence electrons. The van der Waals surface area contributed by atoms with Gasteiger partial charge in [-0.3, -0.25) is 20.2 Å². The molecule has 4 rings (SSSR count). The number of hydrogen-bond acceptors (Lipinski definition) is 5. The van der Waals surface area contributed by atoms with E-state index < -0.39 is 4.92 Å². The number of thiazole rings is 1. The van der Waals surface area contributed by atoms with E-state index in [0.29, 0.717) is 16.2 Å². The molecule has 1 N–H and O–H groups in total. The average molecular weight is 389 g/mol. The zero-order valence-electron chi connectivity index (χ0n) is 14.7. The minimum absolute atomic E-state index is 0.0234. The van der Waals surface area contributed by atoms with E-state index >= 15 is 0 Å². The van der Waals surface area contributed by atoms with Gasteiger partial charge in [-0.15, -0.1) is 0 Å². The predicted molar refractivity (Wildman–Crippen MR) is 110 cm³/mol. The number of rotatable bonds is 5. The van der Waals surface area contributed by atoms with Crippen molar-refractivity contribution >= 4 is 38.3 Å². The number of nitro benzene ring substituents is 1. The van der Waals surface area contributed by atoms with Gasteiger partial charge < -0.3 is 0 Å². The number of aromatic nitrogens is 1. The number of carbonyl (C=O) groups is 1. The maximum atomic E-state index is 12.5. The number of nitrogens with one attached hydrogen (secondary N) is 1. The summed E-state index contributed by atoms with van der Waals surface area (Å²) in [5.74, 6) is -0.264. The highest BCUT2D eigenvalue weighted by Crippen LogP contribution is 2.29. The fourth-order valence-corrected chi connectivity index (χ4v) is 3.70. The third-order valence-corrected chi connectivity index (χ3v) is 5.22. The van der Waals surface area contributed by atoms with Gasteiger partial charge in [0.15, 0.2) is 5.13 Å². The van der Waals surface area contributed by atoms with Gasteiger partial charge in [-0.25, -0.2) is 4.98 Å². The SMILES string of the molecule is O=C(Nc1nc2cc([N+](=O)[O-])ccc2s1)c1ccc(Cc2ccccc2)cc1. The number of carbonyl (C=O) groups excluding carboxylic acids is 1. The molecule has 0 saturated heterocycles. The minimum atomic E-state index is -0.464. The molecule has 1 heterocycles. The van der Waals surface area contributed by atoms with Gasteiger partial charge in [-0.1, -0.05) is 53.8 Å². The molecule has 6 nitrogen and oxygen atoms in total. The van der Waals surface area contributed by atoms with Crippen molar-refractivity contribution in [2.75, 3.05) is 5.32 Å². The summed E-state index contributed by atoms with van der Waals surface area (Å²) in [7, 11) is 0. The third kappa shape index (κ3) is 3.89. The van der Waals surface area contributed by atoms with Crippen molar-refractivity contribution < 1.29 is 9.72 Å². The monoisotopic (exact) mass is 389 g/mol. The Balaban J connectivity index is 1.47. The van der Waals surface area contributed by atoms with Gasteiger partial charge in [0, 0.05) is 17.7 Å². The number of hydrogen-bond donors (Lipinski definition) is 1. The Morgan fingerprint density at radius 1 is 1.00 bits per heavy atom. The molecule has 0 aliphatic rings. The highest BCUT2D eigenvalue weighted by atomic mass is 32.1. The van der Waals surface area contributed by atoms with Gasteiger partial charge in [0.05, 0.1) is 15.1 Å². The molecule has 0 aliphatic carbocycles.